The Morgan fingerprint density at radius 2 is 2.41 bits per heavy atom. The van der Waals surface area contributed by atoms with Gasteiger partial charge < -0.3 is 9.30 Å². The highest BCUT2D eigenvalue weighted by Crippen LogP contribution is 2.22. The molecule has 1 aliphatic rings. The minimum Gasteiger partial charge on any atom is -0.306 e. The standard InChI is InChI=1S/C13H16BrN3/c1-16-6-4-10(9-16)7-13-15-8-12-11(14)3-2-5-17(12)13/h2-3,5,8,10H,4,6-7,9H2,1H3. The van der Waals surface area contributed by atoms with Crippen LogP contribution in [0, 0.1) is 5.92 Å². The molecular formula is C13H16BrN3. The maximum absolute atomic E-state index is 4.56. The first kappa shape index (κ1) is 11.2. The van der Waals surface area contributed by atoms with E-state index in [4.69, 9.17) is 0 Å². The molecule has 3 nitrogen and oxygen atoms in total. The van der Waals surface area contributed by atoms with Crippen molar-refractivity contribution in [1.29, 1.82) is 0 Å². The molecule has 0 radical (unpaired) electrons. The zero-order valence-electron chi connectivity index (χ0n) is 9.93. The number of halogens is 1. The smallest absolute Gasteiger partial charge is 0.113 e. The van der Waals surface area contributed by atoms with Gasteiger partial charge in [-0.15, -0.1) is 0 Å². The molecular weight excluding hydrogens is 278 g/mol. The van der Waals surface area contributed by atoms with Crippen LogP contribution in [-0.4, -0.2) is 34.4 Å². The first-order valence-corrected chi connectivity index (χ1v) is 6.82. The summed E-state index contributed by atoms with van der Waals surface area (Å²) in [6.07, 6.45) is 6.42. The molecule has 3 heterocycles. The van der Waals surface area contributed by atoms with Crippen molar-refractivity contribution in [1.82, 2.24) is 14.3 Å². The van der Waals surface area contributed by atoms with E-state index in [1.807, 2.05) is 6.20 Å². The molecule has 1 atom stereocenters. The van der Waals surface area contributed by atoms with Crippen LogP contribution in [0.2, 0.25) is 0 Å². The number of hydrogen-bond acceptors (Lipinski definition) is 2. The van der Waals surface area contributed by atoms with Gasteiger partial charge in [-0.1, -0.05) is 0 Å². The van der Waals surface area contributed by atoms with Gasteiger partial charge in [-0.3, -0.25) is 0 Å². The second-order valence-corrected chi connectivity index (χ2v) is 5.76. The summed E-state index contributed by atoms with van der Waals surface area (Å²) in [7, 11) is 2.19. The number of pyridine rings is 1. The number of fused-ring (bicyclic) bond motifs is 1. The minimum atomic E-state index is 0.754. The van der Waals surface area contributed by atoms with Gasteiger partial charge in [-0.05, 0) is 54.0 Å². The molecule has 1 unspecified atom stereocenters. The third-order valence-corrected chi connectivity index (χ3v) is 4.23. The van der Waals surface area contributed by atoms with Gasteiger partial charge in [-0.25, -0.2) is 4.98 Å². The van der Waals surface area contributed by atoms with E-state index in [1.165, 1.54) is 25.3 Å². The Bertz CT molecular complexity index is 534. The maximum Gasteiger partial charge on any atom is 0.113 e. The first-order valence-electron chi connectivity index (χ1n) is 6.03. The average molecular weight is 294 g/mol. The Kier molecular flexibility index (Phi) is 2.92. The topological polar surface area (TPSA) is 20.5 Å². The van der Waals surface area contributed by atoms with E-state index >= 15 is 0 Å². The normalized spacial score (nSPS) is 21.4. The van der Waals surface area contributed by atoms with Crippen molar-refractivity contribution in [3.8, 4) is 0 Å². The van der Waals surface area contributed by atoms with Gasteiger partial charge >= 0.3 is 0 Å². The van der Waals surface area contributed by atoms with Gasteiger partial charge in [0.2, 0.25) is 0 Å². The van der Waals surface area contributed by atoms with Crippen molar-refractivity contribution in [2.75, 3.05) is 20.1 Å². The molecule has 2 aromatic rings. The molecule has 0 saturated carbocycles. The van der Waals surface area contributed by atoms with Crippen molar-refractivity contribution in [3.63, 3.8) is 0 Å². The first-order chi connectivity index (χ1) is 8.24. The molecule has 0 N–H and O–H groups in total. The Morgan fingerprint density at radius 3 is 3.18 bits per heavy atom. The van der Waals surface area contributed by atoms with Gasteiger partial charge in [0.15, 0.2) is 0 Å². The van der Waals surface area contributed by atoms with E-state index in [2.05, 4.69) is 55.6 Å². The van der Waals surface area contributed by atoms with E-state index in [0.29, 0.717) is 0 Å². The van der Waals surface area contributed by atoms with Gasteiger partial charge in [0.25, 0.3) is 0 Å². The summed E-state index contributed by atoms with van der Waals surface area (Å²) in [6.45, 7) is 2.42. The van der Waals surface area contributed by atoms with Crippen LogP contribution in [0.1, 0.15) is 12.2 Å². The number of hydrogen-bond donors (Lipinski definition) is 0. The summed E-state index contributed by atoms with van der Waals surface area (Å²) in [5.41, 5.74) is 1.16. The summed E-state index contributed by atoms with van der Waals surface area (Å²) in [5.74, 6) is 1.94. The van der Waals surface area contributed by atoms with E-state index in [1.54, 1.807) is 0 Å². The maximum atomic E-state index is 4.56. The fourth-order valence-electron chi connectivity index (χ4n) is 2.64. The van der Waals surface area contributed by atoms with Crippen LogP contribution in [0.3, 0.4) is 0 Å². The highest BCUT2D eigenvalue weighted by atomic mass is 79.9. The average Bonchev–Trinajstić information content (AvgIpc) is 2.88. The highest BCUT2D eigenvalue weighted by molar-refractivity contribution is 9.10. The number of aromatic nitrogens is 2. The molecule has 17 heavy (non-hydrogen) atoms. The summed E-state index contributed by atoms with van der Waals surface area (Å²) in [6, 6.07) is 4.12. The van der Waals surface area contributed by atoms with E-state index in [9.17, 15) is 0 Å². The lowest BCUT2D eigenvalue weighted by Gasteiger charge is -2.09. The van der Waals surface area contributed by atoms with Crippen molar-refractivity contribution in [3.05, 3.63) is 34.8 Å². The summed E-state index contributed by atoms with van der Waals surface area (Å²) >= 11 is 3.56. The molecule has 90 valence electrons. The molecule has 0 amide bonds. The zero-order chi connectivity index (χ0) is 11.8. The summed E-state index contributed by atoms with van der Waals surface area (Å²) < 4.78 is 3.31. The molecule has 2 aromatic heterocycles. The molecule has 0 aliphatic carbocycles. The van der Waals surface area contributed by atoms with Gasteiger partial charge in [0.05, 0.1) is 11.7 Å². The van der Waals surface area contributed by atoms with Crippen LogP contribution in [0.25, 0.3) is 5.52 Å². The number of rotatable bonds is 2. The second kappa shape index (κ2) is 4.42. The van der Waals surface area contributed by atoms with E-state index in [0.717, 1.165) is 22.3 Å². The Morgan fingerprint density at radius 1 is 1.53 bits per heavy atom. The number of likely N-dealkylation sites (tertiary alicyclic amines) is 1. The molecule has 4 heteroatoms. The molecule has 0 bridgehead atoms. The SMILES string of the molecule is CN1CCC(Cc2ncc3c(Br)cccn23)C1. The third kappa shape index (κ3) is 2.11. The lowest BCUT2D eigenvalue weighted by atomic mass is 10.0. The Labute approximate surface area is 110 Å². The van der Waals surface area contributed by atoms with E-state index < -0.39 is 0 Å². The van der Waals surface area contributed by atoms with Crippen molar-refractivity contribution >= 4 is 21.4 Å². The van der Waals surface area contributed by atoms with Crippen LogP contribution < -0.4 is 0 Å². The quantitative estimate of drug-likeness (QED) is 0.848. The van der Waals surface area contributed by atoms with Crippen LogP contribution >= 0.6 is 15.9 Å². The predicted octanol–water partition coefficient (Wildman–Crippen LogP) is 2.59. The van der Waals surface area contributed by atoms with Gasteiger partial charge in [-0.2, -0.15) is 0 Å². The monoisotopic (exact) mass is 293 g/mol. The lowest BCUT2D eigenvalue weighted by Crippen LogP contribution is -2.15. The Hall–Kier alpha value is -0.870. The van der Waals surface area contributed by atoms with Gasteiger partial charge in [0, 0.05) is 23.6 Å². The summed E-state index contributed by atoms with van der Waals surface area (Å²) in [5, 5.41) is 0. The predicted molar refractivity (Wildman–Crippen MR) is 72.2 cm³/mol. The Balaban J connectivity index is 1.88. The number of nitrogens with zero attached hydrogens (tertiary/aromatic N) is 3. The fourth-order valence-corrected chi connectivity index (χ4v) is 3.09. The van der Waals surface area contributed by atoms with Crippen LogP contribution in [0.5, 0.6) is 0 Å². The number of imidazole rings is 1. The minimum absolute atomic E-state index is 0.754. The third-order valence-electron chi connectivity index (χ3n) is 3.56. The molecule has 3 rings (SSSR count). The lowest BCUT2D eigenvalue weighted by molar-refractivity contribution is 0.392. The van der Waals surface area contributed by atoms with Crippen molar-refractivity contribution in [2.45, 2.75) is 12.8 Å². The molecule has 0 spiro atoms. The summed E-state index contributed by atoms with van der Waals surface area (Å²) in [4.78, 5) is 6.96. The largest absolute Gasteiger partial charge is 0.306 e. The second-order valence-electron chi connectivity index (χ2n) is 4.91. The molecule has 0 aromatic carbocycles. The zero-order valence-corrected chi connectivity index (χ0v) is 11.5. The van der Waals surface area contributed by atoms with Gasteiger partial charge in [0.1, 0.15) is 5.82 Å². The van der Waals surface area contributed by atoms with E-state index in [-0.39, 0.29) is 0 Å². The molecule has 1 aliphatic heterocycles. The highest BCUT2D eigenvalue weighted by Gasteiger charge is 2.21. The fraction of sp³-hybridized carbons (Fsp3) is 0.462. The van der Waals surface area contributed by atoms with Crippen LogP contribution in [-0.2, 0) is 6.42 Å². The molecule has 1 fully saturated rings. The van der Waals surface area contributed by atoms with Crippen molar-refractivity contribution < 1.29 is 0 Å². The van der Waals surface area contributed by atoms with Crippen LogP contribution in [0.15, 0.2) is 29.0 Å². The van der Waals surface area contributed by atoms with Crippen LogP contribution in [0.4, 0.5) is 0 Å². The van der Waals surface area contributed by atoms with Crippen molar-refractivity contribution in [2.24, 2.45) is 5.92 Å². The molecule has 1 saturated heterocycles.